The van der Waals surface area contributed by atoms with Crippen LogP contribution in [0.5, 0.6) is 11.5 Å². The Morgan fingerprint density at radius 2 is 2.14 bits per heavy atom. The molecule has 0 saturated heterocycles. The summed E-state index contributed by atoms with van der Waals surface area (Å²) in [5.74, 6) is 1.75. The van der Waals surface area contributed by atoms with Gasteiger partial charge in [-0.05, 0) is 47.5 Å². The molecule has 0 fully saturated rings. The second-order valence-electron chi connectivity index (χ2n) is 4.98. The predicted octanol–water partition coefficient (Wildman–Crippen LogP) is 3.82. The quantitative estimate of drug-likeness (QED) is 0.789. The van der Waals surface area contributed by atoms with Gasteiger partial charge in [0.05, 0.1) is 13.7 Å². The fraction of sp³-hybridized carbons (Fsp3) is 0.235. The lowest BCUT2D eigenvalue weighted by atomic mass is 10.0. The van der Waals surface area contributed by atoms with E-state index in [1.807, 2.05) is 36.4 Å². The molecular weight excluding hydrogens is 332 g/mol. The first kappa shape index (κ1) is 14.1. The molecule has 0 spiro atoms. The van der Waals surface area contributed by atoms with E-state index in [9.17, 15) is 4.79 Å². The number of hydrogen-bond donors (Lipinski definition) is 0. The van der Waals surface area contributed by atoms with Crippen LogP contribution >= 0.6 is 15.9 Å². The average molecular weight is 347 g/mol. The topological polar surface area (TPSA) is 35.5 Å². The molecule has 0 aliphatic carbocycles. The fourth-order valence-electron chi connectivity index (χ4n) is 2.45. The Hall–Kier alpha value is -1.81. The highest BCUT2D eigenvalue weighted by Gasteiger charge is 2.16. The minimum absolute atomic E-state index is 0.0960. The van der Waals surface area contributed by atoms with Crippen LogP contribution in [-0.4, -0.2) is 19.5 Å². The van der Waals surface area contributed by atoms with Crippen LogP contribution in [0.15, 0.2) is 40.9 Å². The normalized spacial score (nSPS) is 12.7. The van der Waals surface area contributed by atoms with Crippen molar-refractivity contribution in [1.82, 2.24) is 0 Å². The van der Waals surface area contributed by atoms with Gasteiger partial charge in [0.2, 0.25) is 0 Å². The lowest BCUT2D eigenvalue weighted by Gasteiger charge is -2.08. The lowest BCUT2D eigenvalue weighted by Crippen LogP contribution is -2.05. The van der Waals surface area contributed by atoms with Gasteiger partial charge in [-0.2, -0.15) is 0 Å². The molecule has 2 aromatic carbocycles. The Labute approximate surface area is 132 Å². The zero-order valence-electron chi connectivity index (χ0n) is 11.7. The molecule has 1 aliphatic heterocycles. The van der Waals surface area contributed by atoms with Gasteiger partial charge in [0, 0.05) is 22.9 Å². The van der Waals surface area contributed by atoms with E-state index in [1.165, 1.54) is 0 Å². The minimum Gasteiger partial charge on any atom is -0.497 e. The number of methoxy groups -OCH3 is 1. The zero-order valence-corrected chi connectivity index (χ0v) is 13.3. The number of hydrogen-bond acceptors (Lipinski definition) is 3. The summed E-state index contributed by atoms with van der Waals surface area (Å²) in [5, 5.41) is 0. The van der Waals surface area contributed by atoms with Crippen molar-refractivity contribution in [3.05, 3.63) is 57.6 Å². The molecule has 108 valence electrons. The standard InChI is InChI=1S/C17H15BrO3/c1-20-14-3-4-15(18)13(9-14)10-16(19)11-2-5-17-12(8-11)6-7-21-17/h2-5,8-9H,6-7,10H2,1H3. The van der Waals surface area contributed by atoms with E-state index in [2.05, 4.69) is 15.9 Å². The highest BCUT2D eigenvalue weighted by atomic mass is 79.9. The van der Waals surface area contributed by atoms with E-state index in [4.69, 9.17) is 9.47 Å². The Balaban J connectivity index is 1.83. The summed E-state index contributed by atoms with van der Waals surface area (Å²) in [7, 11) is 1.62. The van der Waals surface area contributed by atoms with Crippen molar-refractivity contribution in [2.45, 2.75) is 12.8 Å². The van der Waals surface area contributed by atoms with E-state index in [0.29, 0.717) is 13.0 Å². The Morgan fingerprint density at radius 1 is 1.29 bits per heavy atom. The fourth-order valence-corrected chi connectivity index (χ4v) is 2.84. The number of benzene rings is 2. The van der Waals surface area contributed by atoms with Gasteiger partial charge in [0.25, 0.3) is 0 Å². The highest BCUT2D eigenvalue weighted by Crippen LogP contribution is 2.28. The third-order valence-corrected chi connectivity index (χ3v) is 4.39. The smallest absolute Gasteiger partial charge is 0.167 e. The monoisotopic (exact) mass is 346 g/mol. The number of ketones is 1. The van der Waals surface area contributed by atoms with Crippen molar-refractivity contribution in [2.24, 2.45) is 0 Å². The highest BCUT2D eigenvalue weighted by molar-refractivity contribution is 9.10. The molecule has 4 heteroatoms. The number of carbonyl (C=O) groups is 1. The molecule has 0 atom stereocenters. The Bertz CT molecular complexity index is 694. The predicted molar refractivity (Wildman–Crippen MR) is 84.4 cm³/mol. The summed E-state index contributed by atoms with van der Waals surface area (Å²) < 4.78 is 11.6. The number of rotatable bonds is 4. The van der Waals surface area contributed by atoms with Gasteiger partial charge in [-0.25, -0.2) is 0 Å². The molecule has 3 nitrogen and oxygen atoms in total. The van der Waals surface area contributed by atoms with Crippen LogP contribution in [0.25, 0.3) is 0 Å². The molecule has 0 radical (unpaired) electrons. The summed E-state index contributed by atoms with van der Waals surface area (Å²) >= 11 is 3.48. The van der Waals surface area contributed by atoms with Crippen molar-refractivity contribution < 1.29 is 14.3 Å². The van der Waals surface area contributed by atoms with Gasteiger partial charge < -0.3 is 9.47 Å². The van der Waals surface area contributed by atoms with Crippen molar-refractivity contribution in [3.8, 4) is 11.5 Å². The van der Waals surface area contributed by atoms with Gasteiger partial charge in [-0.3, -0.25) is 4.79 Å². The van der Waals surface area contributed by atoms with Crippen LogP contribution in [0.4, 0.5) is 0 Å². The lowest BCUT2D eigenvalue weighted by molar-refractivity contribution is 0.0992. The zero-order chi connectivity index (χ0) is 14.8. The molecular formula is C17H15BrO3. The van der Waals surface area contributed by atoms with Gasteiger partial charge >= 0.3 is 0 Å². The van der Waals surface area contributed by atoms with E-state index < -0.39 is 0 Å². The first-order chi connectivity index (χ1) is 10.2. The van der Waals surface area contributed by atoms with Crippen LogP contribution in [-0.2, 0) is 12.8 Å². The molecule has 0 bridgehead atoms. The number of ether oxygens (including phenoxy) is 2. The van der Waals surface area contributed by atoms with Gasteiger partial charge in [0.1, 0.15) is 11.5 Å². The maximum absolute atomic E-state index is 12.5. The number of fused-ring (bicyclic) bond motifs is 1. The Morgan fingerprint density at radius 3 is 2.95 bits per heavy atom. The summed E-state index contributed by atoms with van der Waals surface area (Å²) in [5.41, 5.74) is 2.77. The first-order valence-electron chi connectivity index (χ1n) is 6.79. The van der Waals surface area contributed by atoms with Gasteiger partial charge in [-0.1, -0.05) is 15.9 Å². The SMILES string of the molecule is COc1ccc(Br)c(CC(=O)c2ccc3c(c2)CCO3)c1. The van der Waals surface area contributed by atoms with Gasteiger partial charge in [0.15, 0.2) is 5.78 Å². The van der Waals surface area contributed by atoms with Gasteiger partial charge in [-0.15, -0.1) is 0 Å². The van der Waals surface area contributed by atoms with Crippen molar-refractivity contribution in [2.75, 3.05) is 13.7 Å². The van der Waals surface area contributed by atoms with Crippen molar-refractivity contribution in [1.29, 1.82) is 0 Å². The summed E-state index contributed by atoms with van der Waals surface area (Å²) in [4.78, 5) is 12.5. The summed E-state index contributed by atoms with van der Waals surface area (Å²) in [6.45, 7) is 0.703. The minimum atomic E-state index is 0.0960. The second kappa shape index (κ2) is 5.90. The van der Waals surface area contributed by atoms with E-state index in [1.54, 1.807) is 7.11 Å². The van der Waals surface area contributed by atoms with E-state index in [-0.39, 0.29) is 5.78 Å². The third kappa shape index (κ3) is 2.95. The maximum atomic E-state index is 12.5. The summed E-state index contributed by atoms with van der Waals surface area (Å²) in [6.07, 6.45) is 1.22. The molecule has 0 unspecified atom stereocenters. The van der Waals surface area contributed by atoms with Crippen LogP contribution in [0.3, 0.4) is 0 Å². The molecule has 0 N–H and O–H groups in total. The molecule has 0 saturated carbocycles. The number of halogens is 1. The molecule has 2 aromatic rings. The van der Waals surface area contributed by atoms with Crippen molar-refractivity contribution in [3.63, 3.8) is 0 Å². The molecule has 21 heavy (non-hydrogen) atoms. The molecule has 1 aliphatic rings. The molecule has 0 aromatic heterocycles. The van der Waals surface area contributed by atoms with Crippen LogP contribution < -0.4 is 9.47 Å². The van der Waals surface area contributed by atoms with Crippen LogP contribution in [0.2, 0.25) is 0 Å². The molecule has 3 rings (SSSR count). The molecule has 1 heterocycles. The largest absolute Gasteiger partial charge is 0.497 e. The second-order valence-corrected chi connectivity index (χ2v) is 5.83. The maximum Gasteiger partial charge on any atom is 0.167 e. The number of Topliss-reactive ketones (excluding diaryl/α,β-unsaturated/α-hetero) is 1. The summed E-state index contributed by atoms with van der Waals surface area (Å²) in [6, 6.07) is 11.3. The van der Waals surface area contributed by atoms with Crippen LogP contribution in [0, 0.1) is 0 Å². The molecule has 0 amide bonds. The first-order valence-corrected chi connectivity index (χ1v) is 7.58. The third-order valence-electron chi connectivity index (χ3n) is 3.62. The Kier molecular flexibility index (Phi) is 3.97. The average Bonchev–Trinajstić information content (AvgIpc) is 2.96. The van der Waals surface area contributed by atoms with E-state index >= 15 is 0 Å². The van der Waals surface area contributed by atoms with E-state index in [0.717, 1.165) is 39.1 Å². The van der Waals surface area contributed by atoms with Crippen molar-refractivity contribution >= 4 is 21.7 Å². The van der Waals surface area contributed by atoms with Crippen LogP contribution in [0.1, 0.15) is 21.5 Å². The number of carbonyl (C=O) groups excluding carboxylic acids is 1.